The van der Waals surface area contributed by atoms with Crippen LogP contribution in [-0.2, 0) is 9.59 Å². The van der Waals surface area contributed by atoms with E-state index in [1.807, 2.05) is 12.1 Å². The zero-order valence-electron chi connectivity index (χ0n) is 19.1. The first-order valence-corrected chi connectivity index (χ1v) is 12.6. The number of rotatable bonds is 6. The Labute approximate surface area is 195 Å². The normalized spacial score (nSPS) is 29.3. The molecule has 0 radical (unpaired) electrons. The summed E-state index contributed by atoms with van der Waals surface area (Å²) in [5.41, 5.74) is 1.05. The molecule has 2 aromatic rings. The Morgan fingerprint density at radius 2 is 1.45 bits per heavy atom. The summed E-state index contributed by atoms with van der Waals surface area (Å²) >= 11 is 0. The van der Waals surface area contributed by atoms with Crippen LogP contribution in [0.15, 0.2) is 48.6 Å². The first-order valence-electron chi connectivity index (χ1n) is 12.6. The molecular weight excluding hydrogens is 412 g/mol. The van der Waals surface area contributed by atoms with Gasteiger partial charge in [-0.2, -0.15) is 0 Å². The number of hydrogen-bond donors (Lipinski definition) is 0. The molecule has 3 fully saturated rings. The molecule has 5 aliphatic rings. The molecule has 2 bridgehead atoms. The number of aromatic nitrogens is 1. The Hall–Kier alpha value is -2.73. The minimum absolute atomic E-state index is 0.0713. The lowest BCUT2D eigenvalue weighted by Crippen LogP contribution is -2.47. The molecule has 1 aromatic carbocycles. The highest BCUT2D eigenvalue weighted by atomic mass is 16.2. The van der Waals surface area contributed by atoms with Gasteiger partial charge in [0.15, 0.2) is 0 Å². The van der Waals surface area contributed by atoms with Crippen molar-refractivity contribution in [2.75, 3.05) is 44.2 Å². The van der Waals surface area contributed by atoms with E-state index in [4.69, 9.17) is 4.98 Å². The molecule has 7 rings (SSSR count). The smallest absolute Gasteiger partial charge is 0.233 e. The number of amides is 2. The fourth-order valence-corrected chi connectivity index (χ4v) is 6.39. The second-order valence-electron chi connectivity index (χ2n) is 10.1. The summed E-state index contributed by atoms with van der Waals surface area (Å²) in [5.74, 6) is 1.69. The first-order chi connectivity index (χ1) is 16.2. The molecule has 3 heterocycles. The Balaban J connectivity index is 0.968. The first kappa shape index (κ1) is 20.8. The zero-order valence-corrected chi connectivity index (χ0v) is 19.1. The van der Waals surface area contributed by atoms with E-state index in [0.717, 1.165) is 69.7 Å². The standard InChI is InChI=1S/C27H32N4O2/c32-26-24-20-7-8-21(10-9-20)25(24)27(33)31(26)14-4-3-13-29-15-17-30(18-16-29)23-12-11-19-5-1-2-6-22(19)28-23/h1-2,5-8,11-12,20-21,24-25H,3-4,9-10,13-18H2. The minimum Gasteiger partial charge on any atom is -0.354 e. The number of allylic oxidation sites excluding steroid dienone is 2. The van der Waals surface area contributed by atoms with Crippen LogP contribution in [0.4, 0.5) is 5.82 Å². The van der Waals surface area contributed by atoms with Crippen LogP contribution in [0.25, 0.3) is 10.9 Å². The predicted molar refractivity (Wildman–Crippen MR) is 129 cm³/mol. The lowest BCUT2D eigenvalue weighted by Gasteiger charge is -2.38. The maximum absolute atomic E-state index is 12.9. The van der Waals surface area contributed by atoms with Crippen molar-refractivity contribution in [3.05, 3.63) is 48.6 Å². The Morgan fingerprint density at radius 3 is 2.15 bits per heavy atom. The summed E-state index contributed by atoms with van der Waals surface area (Å²) < 4.78 is 0. The molecule has 4 unspecified atom stereocenters. The summed E-state index contributed by atoms with van der Waals surface area (Å²) in [6, 6.07) is 12.5. The van der Waals surface area contributed by atoms with Gasteiger partial charge in [-0.05, 0) is 62.3 Å². The molecule has 33 heavy (non-hydrogen) atoms. The van der Waals surface area contributed by atoms with Crippen molar-refractivity contribution in [3.8, 4) is 0 Å². The highest BCUT2D eigenvalue weighted by molar-refractivity contribution is 6.06. The molecule has 1 saturated carbocycles. The van der Waals surface area contributed by atoms with Gasteiger partial charge >= 0.3 is 0 Å². The molecule has 3 aliphatic carbocycles. The Morgan fingerprint density at radius 1 is 0.788 bits per heavy atom. The Kier molecular flexibility index (Phi) is 5.41. The van der Waals surface area contributed by atoms with Crippen LogP contribution in [-0.4, -0.2) is 65.9 Å². The van der Waals surface area contributed by atoms with Crippen LogP contribution in [0.3, 0.4) is 0 Å². The molecule has 6 heteroatoms. The van der Waals surface area contributed by atoms with Crippen LogP contribution >= 0.6 is 0 Å². The summed E-state index contributed by atoms with van der Waals surface area (Å²) in [6.07, 6.45) is 8.43. The number of fused-ring (bicyclic) bond motifs is 2. The number of imide groups is 1. The topological polar surface area (TPSA) is 56.8 Å². The number of piperazine rings is 1. The van der Waals surface area contributed by atoms with Crippen molar-refractivity contribution >= 4 is 28.5 Å². The van der Waals surface area contributed by atoms with E-state index in [-0.39, 0.29) is 35.5 Å². The summed E-state index contributed by atoms with van der Waals surface area (Å²) in [5, 5.41) is 1.18. The van der Waals surface area contributed by atoms with Crippen molar-refractivity contribution in [3.63, 3.8) is 0 Å². The van der Waals surface area contributed by atoms with Gasteiger partial charge in [-0.3, -0.25) is 19.4 Å². The van der Waals surface area contributed by atoms with Gasteiger partial charge < -0.3 is 4.90 Å². The number of hydrogen-bond acceptors (Lipinski definition) is 5. The number of likely N-dealkylation sites (tertiary alicyclic amines) is 1. The molecule has 0 spiro atoms. The number of para-hydroxylation sites is 1. The van der Waals surface area contributed by atoms with E-state index in [9.17, 15) is 9.59 Å². The van der Waals surface area contributed by atoms with Gasteiger partial charge in [0, 0.05) is 38.1 Å². The Bertz CT molecular complexity index is 1060. The van der Waals surface area contributed by atoms with Crippen molar-refractivity contribution in [1.29, 1.82) is 0 Å². The van der Waals surface area contributed by atoms with Crippen LogP contribution in [0.5, 0.6) is 0 Å². The largest absolute Gasteiger partial charge is 0.354 e. The quantitative estimate of drug-likeness (QED) is 0.389. The molecule has 4 atom stereocenters. The van der Waals surface area contributed by atoms with Gasteiger partial charge in [-0.25, -0.2) is 4.98 Å². The molecule has 1 aromatic heterocycles. The molecule has 2 saturated heterocycles. The van der Waals surface area contributed by atoms with Crippen LogP contribution < -0.4 is 4.90 Å². The summed E-state index contributed by atoms with van der Waals surface area (Å²) in [6.45, 7) is 5.62. The number of unbranched alkanes of at least 4 members (excludes halogenated alkanes) is 1. The molecule has 0 N–H and O–H groups in total. The summed E-state index contributed by atoms with van der Waals surface area (Å²) in [7, 11) is 0. The third-order valence-corrected chi connectivity index (χ3v) is 8.24. The van der Waals surface area contributed by atoms with Crippen molar-refractivity contribution in [1.82, 2.24) is 14.8 Å². The number of benzene rings is 1. The van der Waals surface area contributed by atoms with E-state index in [0.29, 0.717) is 6.54 Å². The van der Waals surface area contributed by atoms with Crippen LogP contribution in [0, 0.1) is 23.7 Å². The molecule has 172 valence electrons. The van der Waals surface area contributed by atoms with Crippen LogP contribution in [0.2, 0.25) is 0 Å². The van der Waals surface area contributed by atoms with Crippen molar-refractivity contribution in [2.24, 2.45) is 23.7 Å². The molecule has 6 nitrogen and oxygen atoms in total. The van der Waals surface area contributed by atoms with Gasteiger partial charge in [0.25, 0.3) is 0 Å². The fraction of sp³-hybridized carbons (Fsp3) is 0.519. The average molecular weight is 445 g/mol. The molecular formula is C27H32N4O2. The maximum Gasteiger partial charge on any atom is 0.233 e. The number of nitrogens with zero attached hydrogens (tertiary/aromatic N) is 4. The molecule has 2 amide bonds. The number of carbonyl (C=O) groups excluding carboxylic acids is 2. The highest BCUT2D eigenvalue weighted by Gasteiger charge is 2.56. The number of anilines is 1. The monoisotopic (exact) mass is 444 g/mol. The molecule has 2 aliphatic heterocycles. The van der Waals surface area contributed by atoms with Crippen molar-refractivity contribution in [2.45, 2.75) is 25.7 Å². The summed E-state index contributed by atoms with van der Waals surface area (Å²) in [4.78, 5) is 37.2. The van der Waals surface area contributed by atoms with Crippen molar-refractivity contribution < 1.29 is 9.59 Å². The van der Waals surface area contributed by atoms with E-state index in [2.05, 4.69) is 46.2 Å². The van der Waals surface area contributed by atoms with Gasteiger partial charge in [0.1, 0.15) is 5.82 Å². The van der Waals surface area contributed by atoms with E-state index in [1.165, 1.54) is 5.39 Å². The zero-order chi connectivity index (χ0) is 22.4. The number of carbonyl (C=O) groups is 2. The van der Waals surface area contributed by atoms with Crippen LogP contribution in [0.1, 0.15) is 25.7 Å². The van der Waals surface area contributed by atoms with Gasteiger partial charge in [0.2, 0.25) is 11.8 Å². The van der Waals surface area contributed by atoms with E-state index in [1.54, 1.807) is 4.90 Å². The van der Waals surface area contributed by atoms with Gasteiger partial charge in [0.05, 0.1) is 17.4 Å². The average Bonchev–Trinajstić information content (AvgIpc) is 3.14. The third kappa shape index (κ3) is 3.74. The predicted octanol–water partition coefficient (Wildman–Crippen LogP) is 3.33. The third-order valence-electron chi connectivity index (χ3n) is 8.24. The van der Waals surface area contributed by atoms with Gasteiger partial charge in [-0.1, -0.05) is 30.4 Å². The SMILES string of the molecule is O=C1C2C3C=CC(CC3)C2C(=O)N1CCCCN1CCN(c2ccc3ccccc3n2)CC1. The van der Waals surface area contributed by atoms with E-state index < -0.39 is 0 Å². The second kappa shape index (κ2) is 8.56. The van der Waals surface area contributed by atoms with Gasteiger partial charge in [-0.15, -0.1) is 0 Å². The van der Waals surface area contributed by atoms with E-state index >= 15 is 0 Å². The second-order valence-corrected chi connectivity index (χ2v) is 10.1. The highest BCUT2D eigenvalue weighted by Crippen LogP contribution is 2.49. The number of pyridine rings is 1. The maximum atomic E-state index is 12.9. The lowest BCUT2D eigenvalue weighted by atomic mass is 9.63. The fourth-order valence-electron chi connectivity index (χ4n) is 6.39. The lowest BCUT2D eigenvalue weighted by molar-refractivity contribution is -0.140. The minimum atomic E-state index is -0.0713.